The number of pyridine rings is 1. The normalized spacial score (nSPS) is 15.1. The maximum Gasteiger partial charge on any atom is 0.261 e. The van der Waals surface area contributed by atoms with Gasteiger partial charge in [0, 0.05) is 58.6 Å². The van der Waals surface area contributed by atoms with E-state index in [4.69, 9.17) is 4.42 Å². The van der Waals surface area contributed by atoms with Gasteiger partial charge in [-0.3, -0.25) is 24.0 Å². The van der Waals surface area contributed by atoms with Gasteiger partial charge >= 0.3 is 0 Å². The zero-order valence-corrected chi connectivity index (χ0v) is 26.5. The van der Waals surface area contributed by atoms with Gasteiger partial charge in [0.1, 0.15) is 16.8 Å². The number of furan rings is 1. The number of carbonyl (C=O) groups is 2. The van der Waals surface area contributed by atoms with Crippen LogP contribution >= 0.6 is 0 Å². The topological polar surface area (TPSA) is 96.8 Å². The van der Waals surface area contributed by atoms with Crippen LogP contribution in [-0.4, -0.2) is 57.7 Å². The number of aromatic nitrogens is 3. The van der Waals surface area contributed by atoms with Crippen molar-refractivity contribution in [2.75, 3.05) is 36.5 Å². The van der Waals surface area contributed by atoms with E-state index in [1.54, 1.807) is 35.3 Å². The summed E-state index contributed by atoms with van der Waals surface area (Å²) in [6.45, 7) is 14.2. The van der Waals surface area contributed by atoms with Gasteiger partial charge in [0.05, 0.1) is 28.1 Å². The van der Waals surface area contributed by atoms with Gasteiger partial charge in [0.2, 0.25) is 11.8 Å². The molecule has 10 nitrogen and oxygen atoms in total. The van der Waals surface area contributed by atoms with E-state index in [0.717, 1.165) is 52.6 Å². The number of benzene rings is 1. The van der Waals surface area contributed by atoms with Crippen molar-refractivity contribution < 1.29 is 14.0 Å². The van der Waals surface area contributed by atoms with Crippen LogP contribution < -0.4 is 15.4 Å². The summed E-state index contributed by atoms with van der Waals surface area (Å²) in [7, 11) is 3.69. The van der Waals surface area contributed by atoms with E-state index in [2.05, 4.69) is 16.1 Å². The zero-order valence-electron chi connectivity index (χ0n) is 26.5. The Bertz CT molecular complexity index is 1760. The van der Waals surface area contributed by atoms with Crippen LogP contribution in [0, 0.1) is 26.2 Å². The average molecular weight is 587 g/mol. The van der Waals surface area contributed by atoms with E-state index in [1.165, 1.54) is 0 Å². The number of aryl methyl sites for hydroxylation is 4. The summed E-state index contributed by atoms with van der Waals surface area (Å²) in [5, 5.41) is 5.13. The summed E-state index contributed by atoms with van der Waals surface area (Å²) in [6, 6.07) is 9.92. The Morgan fingerprint density at radius 1 is 0.953 bits per heavy atom. The summed E-state index contributed by atoms with van der Waals surface area (Å²) in [5.41, 5.74) is 5.00. The molecule has 10 heteroatoms. The molecule has 3 aromatic heterocycles. The highest BCUT2D eigenvalue weighted by Gasteiger charge is 2.45. The number of nitrogens with zero attached hydrogens (tertiary/aromatic N) is 6. The van der Waals surface area contributed by atoms with E-state index in [9.17, 15) is 14.4 Å². The number of hydrogen-bond donors (Lipinski definition) is 0. The Hall–Kier alpha value is -4.18. The fraction of sp³-hybridized carbons (Fsp3) is 0.455. The molecular formula is C33H42N6O4. The molecule has 0 saturated carbocycles. The largest absolute Gasteiger partial charge is 0.461 e. The molecule has 4 aromatic rings. The van der Waals surface area contributed by atoms with Crippen molar-refractivity contribution in [2.45, 2.75) is 61.1 Å². The van der Waals surface area contributed by atoms with Gasteiger partial charge < -0.3 is 18.8 Å². The van der Waals surface area contributed by atoms with Crippen LogP contribution in [0.3, 0.4) is 0 Å². The quantitative estimate of drug-likeness (QED) is 0.271. The maximum absolute atomic E-state index is 13.3. The molecule has 2 amide bonds. The van der Waals surface area contributed by atoms with Crippen molar-refractivity contribution in [3.63, 3.8) is 0 Å². The van der Waals surface area contributed by atoms with Gasteiger partial charge in [-0.2, -0.15) is 5.10 Å². The molecule has 1 aliphatic heterocycles. The third-order valence-electron chi connectivity index (χ3n) is 8.54. The third kappa shape index (κ3) is 5.63. The maximum atomic E-state index is 13.3. The summed E-state index contributed by atoms with van der Waals surface area (Å²) in [4.78, 5) is 45.5. The van der Waals surface area contributed by atoms with Gasteiger partial charge in [0.15, 0.2) is 0 Å². The minimum atomic E-state index is -1.14. The van der Waals surface area contributed by atoms with Crippen LogP contribution in [0.1, 0.15) is 49.0 Å². The number of anilines is 2. The Labute approximate surface area is 252 Å². The van der Waals surface area contributed by atoms with Crippen molar-refractivity contribution in [1.29, 1.82) is 0 Å². The van der Waals surface area contributed by atoms with Crippen LogP contribution in [0.25, 0.3) is 11.0 Å². The minimum Gasteiger partial charge on any atom is -0.461 e. The molecule has 1 aromatic carbocycles. The molecule has 0 saturated heterocycles. The highest BCUT2D eigenvalue weighted by atomic mass is 16.3. The molecule has 0 fully saturated rings. The summed E-state index contributed by atoms with van der Waals surface area (Å²) in [5.74, 6) is 0.319. The molecule has 5 rings (SSSR count). The van der Waals surface area contributed by atoms with Gasteiger partial charge in [-0.15, -0.1) is 0 Å². The Kier molecular flexibility index (Phi) is 8.09. The Morgan fingerprint density at radius 2 is 1.70 bits per heavy atom. The first-order valence-electron chi connectivity index (χ1n) is 14.9. The molecule has 0 N–H and O–H groups in total. The van der Waals surface area contributed by atoms with Crippen LogP contribution in [0.2, 0.25) is 0 Å². The van der Waals surface area contributed by atoms with Crippen LogP contribution in [-0.2, 0) is 36.1 Å². The molecule has 0 bridgehead atoms. The summed E-state index contributed by atoms with van der Waals surface area (Å²) >= 11 is 0. The molecule has 43 heavy (non-hydrogen) atoms. The van der Waals surface area contributed by atoms with Gasteiger partial charge in [0.25, 0.3) is 5.56 Å². The first-order valence-corrected chi connectivity index (χ1v) is 14.9. The van der Waals surface area contributed by atoms with E-state index in [-0.39, 0.29) is 17.4 Å². The first-order chi connectivity index (χ1) is 20.3. The molecule has 4 heterocycles. The number of fused-ring (bicyclic) bond motifs is 2. The van der Waals surface area contributed by atoms with E-state index in [1.807, 2.05) is 69.9 Å². The van der Waals surface area contributed by atoms with Crippen molar-refractivity contribution in [1.82, 2.24) is 19.2 Å². The lowest BCUT2D eigenvalue weighted by molar-refractivity contribution is -0.137. The Balaban J connectivity index is 1.40. The van der Waals surface area contributed by atoms with Crippen molar-refractivity contribution in [3.8, 4) is 0 Å². The van der Waals surface area contributed by atoms with Crippen LogP contribution in [0.15, 0.2) is 45.7 Å². The van der Waals surface area contributed by atoms with Gasteiger partial charge in [-0.05, 0) is 77.8 Å². The fourth-order valence-corrected chi connectivity index (χ4v) is 6.09. The smallest absolute Gasteiger partial charge is 0.261 e. The molecule has 1 aliphatic rings. The van der Waals surface area contributed by atoms with E-state index < -0.39 is 5.41 Å². The number of carbonyl (C=O) groups excluding carboxylic acids is 2. The predicted octanol–water partition coefficient (Wildman–Crippen LogP) is 4.35. The fourth-order valence-electron chi connectivity index (χ4n) is 6.09. The second kappa shape index (κ2) is 11.5. The SMILES string of the molecule is CCN1C(=O)C(C)(C)C(=O)N(C)c2cc(CCN(CCn3cc(C)c4oc(C)cc4c3=O)Cc3cc(C)nn3C)ccc21. The van der Waals surface area contributed by atoms with E-state index >= 15 is 0 Å². The zero-order chi connectivity index (χ0) is 31.2. The third-order valence-corrected chi connectivity index (χ3v) is 8.54. The second-order valence-electron chi connectivity index (χ2n) is 12.2. The standard InChI is InChI=1S/C33H42N6O4/c1-9-39-27-11-10-24(18-28(27)35(7)31(41)33(5,6)32(39)42)12-13-37(20-25-16-22(3)34-36(25)8)14-15-38-19-21(2)29-26(30(38)40)17-23(4)43-29/h10-11,16-19H,9,12-15,20H2,1-8H3. The molecule has 0 unspecified atom stereocenters. The van der Waals surface area contributed by atoms with Crippen molar-refractivity contribution in [2.24, 2.45) is 12.5 Å². The lowest BCUT2D eigenvalue weighted by Gasteiger charge is -2.27. The van der Waals surface area contributed by atoms with Gasteiger partial charge in [-0.25, -0.2) is 0 Å². The molecule has 0 radical (unpaired) electrons. The molecule has 0 aliphatic carbocycles. The van der Waals surface area contributed by atoms with Crippen molar-refractivity contribution >= 4 is 34.2 Å². The Morgan fingerprint density at radius 3 is 2.37 bits per heavy atom. The molecular weight excluding hydrogens is 544 g/mol. The summed E-state index contributed by atoms with van der Waals surface area (Å²) < 4.78 is 9.43. The predicted molar refractivity (Wildman–Crippen MR) is 169 cm³/mol. The number of amides is 2. The van der Waals surface area contributed by atoms with Gasteiger partial charge in [-0.1, -0.05) is 6.07 Å². The number of hydrogen-bond acceptors (Lipinski definition) is 6. The highest BCUT2D eigenvalue weighted by molar-refractivity contribution is 6.19. The molecule has 0 atom stereocenters. The van der Waals surface area contributed by atoms with E-state index in [0.29, 0.717) is 37.1 Å². The minimum absolute atomic E-state index is 0.0508. The van der Waals surface area contributed by atoms with Crippen molar-refractivity contribution in [3.05, 3.63) is 75.2 Å². The molecule has 0 spiro atoms. The molecule has 228 valence electrons. The first kappa shape index (κ1) is 30.3. The van der Waals surface area contributed by atoms with Crippen LogP contribution in [0.4, 0.5) is 11.4 Å². The lowest BCUT2D eigenvalue weighted by atomic mass is 9.90. The average Bonchev–Trinajstić information content (AvgIpc) is 3.51. The second-order valence-corrected chi connectivity index (χ2v) is 12.2. The number of rotatable bonds is 9. The lowest BCUT2D eigenvalue weighted by Crippen LogP contribution is -2.47. The highest BCUT2D eigenvalue weighted by Crippen LogP contribution is 2.38. The summed E-state index contributed by atoms with van der Waals surface area (Å²) in [6.07, 6.45) is 2.60. The van der Waals surface area contributed by atoms with Crippen LogP contribution in [0.5, 0.6) is 0 Å². The monoisotopic (exact) mass is 586 g/mol.